The van der Waals surface area contributed by atoms with Gasteiger partial charge in [-0.05, 0) is 41.3 Å². The van der Waals surface area contributed by atoms with E-state index in [-0.39, 0.29) is 24.8 Å². The van der Waals surface area contributed by atoms with Gasteiger partial charge in [-0.25, -0.2) is 5.01 Å². The fourth-order valence-electron chi connectivity index (χ4n) is 5.69. The lowest BCUT2D eigenvalue weighted by Crippen LogP contribution is -2.27. The van der Waals surface area contributed by atoms with E-state index in [1.54, 1.807) is 12.1 Å². The number of halogens is 1. The number of carboxylic acid groups (broad SMARTS) is 1. The first kappa shape index (κ1) is 29.1. The van der Waals surface area contributed by atoms with E-state index in [9.17, 15) is 19.5 Å². The molecule has 1 atom stereocenters. The number of H-pyrrole nitrogens is 1. The normalized spacial score (nSPS) is 14.6. The molecule has 44 heavy (non-hydrogen) atoms. The van der Waals surface area contributed by atoms with Crippen molar-refractivity contribution < 1.29 is 14.7 Å². The Morgan fingerprint density at radius 2 is 1.75 bits per heavy atom. The Morgan fingerprint density at radius 1 is 0.977 bits per heavy atom. The van der Waals surface area contributed by atoms with Crippen LogP contribution < -0.4 is 5.56 Å². The minimum absolute atomic E-state index is 0.216. The van der Waals surface area contributed by atoms with Gasteiger partial charge in [0.05, 0.1) is 29.9 Å². The van der Waals surface area contributed by atoms with Gasteiger partial charge in [0.2, 0.25) is 5.91 Å². The molecule has 1 unspecified atom stereocenters. The molecule has 2 aromatic heterocycles. The number of hydrazone groups is 1. The van der Waals surface area contributed by atoms with Crippen LogP contribution in [0, 0.1) is 0 Å². The molecular weight excluding hydrogens is 578 g/mol. The number of nitrogens with zero attached hydrogens (tertiary/aromatic N) is 4. The van der Waals surface area contributed by atoms with Crippen LogP contribution >= 0.6 is 11.6 Å². The average Bonchev–Trinajstić information content (AvgIpc) is 3.68. The minimum Gasteiger partial charge on any atom is -0.481 e. The van der Waals surface area contributed by atoms with E-state index in [2.05, 4.69) is 17.0 Å². The zero-order valence-corrected chi connectivity index (χ0v) is 24.8. The molecule has 1 amide bonds. The molecule has 0 spiro atoms. The van der Waals surface area contributed by atoms with Gasteiger partial charge in [-0.1, -0.05) is 73.1 Å². The summed E-state index contributed by atoms with van der Waals surface area (Å²) >= 11 is 6.40. The Bertz CT molecular complexity index is 1950. The number of aliphatic carboxylic acids is 1. The number of aryl methyl sites for hydroxylation is 1. The maximum Gasteiger partial charge on any atom is 0.303 e. The number of nitrogens with one attached hydrogen (secondary N) is 1. The Labute approximate surface area is 258 Å². The molecule has 3 heterocycles. The number of fused-ring (bicyclic) bond motifs is 1. The summed E-state index contributed by atoms with van der Waals surface area (Å²) in [5, 5.41) is 21.0. The molecule has 0 radical (unpaired) electrons. The van der Waals surface area contributed by atoms with Crippen LogP contribution in [0.3, 0.4) is 0 Å². The van der Waals surface area contributed by atoms with E-state index >= 15 is 0 Å². The van der Waals surface area contributed by atoms with Crippen molar-refractivity contribution in [3.05, 3.63) is 112 Å². The summed E-state index contributed by atoms with van der Waals surface area (Å²) in [6, 6.07) is 22.1. The van der Waals surface area contributed by atoms with Crippen molar-refractivity contribution in [1.29, 1.82) is 0 Å². The highest BCUT2D eigenvalue weighted by molar-refractivity contribution is 6.31. The highest BCUT2D eigenvalue weighted by Crippen LogP contribution is 2.38. The quantitative estimate of drug-likeness (QED) is 0.194. The number of carboxylic acids is 1. The van der Waals surface area contributed by atoms with Gasteiger partial charge >= 0.3 is 5.97 Å². The van der Waals surface area contributed by atoms with Crippen LogP contribution in [0.25, 0.3) is 33.2 Å². The predicted octanol–water partition coefficient (Wildman–Crippen LogP) is 6.66. The van der Waals surface area contributed by atoms with Gasteiger partial charge in [0.25, 0.3) is 5.56 Å². The van der Waals surface area contributed by atoms with Gasteiger partial charge in [-0.3, -0.25) is 19.1 Å². The van der Waals surface area contributed by atoms with E-state index in [0.29, 0.717) is 27.4 Å². The summed E-state index contributed by atoms with van der Waals surface area (Å²) in [4.78, 5) is 41.4. The molecule has 0 bridgehead atoms. The first-order valence-electron chi connectivity index (χ1n) is 14.5. The molecule has 1 aliphatic rings. The molecule has 0 aliphatic carbocycles. The van der Waals surface area contributed by atoms with Crippen molar-refractivity contribution in [2.75, 3.05) is 0 Å². The number of hydrogen-bond acceptors (Lipinski definition) is 5. The molecule has 0 saturated heterocycles. The lowest BCUT2D eigenvalue weighted by atomic mass is 9.90. The third-order valence-electron chi connectivity index (χ3n) is 7.76. The Hall–Kier alpha value is -5.02. The van der Waals surface area contributed by atoms with Crippen molar-refractivity contribution in [2.45, 2.75) is 45.2 Å². The first-order chi connectivity index (χ1) is 21.3. The van der Waals surface area contributed by atoms with E-state index in [1.165, 1.54) is 5.01 Å². The van der Waals surface area contributed by atoms with Gasteiger partial charge in [0.1, 0.15) is 0 Å². The highest BCUT2D eigenvalue weighted by Gasteiger charge is 2.35. The Balaban J connectivity index is 1.44. The van der Waals surface area contributed by atoms with Crippen LogP contribution in [0.1, 0.15) is 49.8 Å². The highest BCUT2D eigenvalue weighted by atomic mass is 35.5. The second-order valence-corrected chi connectivity index (χ2v) is 11.2. The standard InChI is InChI=1S/C34H30ClN5O4/c1-2-16-39-20-24(19-36-39)21-8-10-22(11-9-21)29-18-28(38-40(29)30(41)14-15-31(42)43)33-32(23-6-4-3-5-7-23)26-17-25(35)12-13-27(26)37-34(33)44/h3-13,17,19-20,29H,2,14-16,18H2,1H3,(H,37,44)(H,42,43). The molecular formula is C34H30ClN5O4. The molecule has 2 N–H and O–H groups in total. The van der Waals surface area contributed by atoms with Gasteiger partial charge < -0.3 is 10.1 Å². The summed E-state index contributed by atoms with van der Waals surface area (Å²) in [6.45, 7) is 2.93. The average molecular weight is 608 g/mol. The van der Waals surface area contributed by atoms with E-state index in [1.807, 2.05) is 77.7 Å². The number of carbonyl (C=O) groups excluding carboxylic acids is 1. The Kier molecular flexibility index (Phi) is 8.13. The lowest BCUT2D eigenvalue weighted by molar-refractivity contribution is -0.141. The maximum atomic E-state index is 13.7. The van der Waals surface area contributed by atoms with Crippen molar-refractivity contribution in [3.8, 4) is 22.3 Å². The van der Waals surface area contributed by atoms with Gasteiger partial charge in [-0.15, -0.1) is 0 Å². The molecule has 0 fully saturated rings. The summed E-state index contributed by atoms with van der Waals surface area (Å²) < 4.78 is 1.90. The number of carbonyl (C=O) groups is 2. The zero-order chi connectivity index (χ0) is 30.8. The smallest absolute Gasteiger partial charge is 0.303 e. The van der Waals surface area contributed by atoms with Crippen LogP contribution in [0.15, 0.2) is 95.1 Å². The van der Waals surface area contributed by atoms with E-state index < -0.39 is 17.9 Å². The molecule has 5 aromatic rings. The van der Waals surface area contributed by atoms with E-state index in [0.717, 1.165) is 40.6 Å². The van der Waals surface area contributed by atoms with E-state index in [4.69, 9.17) is 16.7 Å². The summed E-state index contributed by atoms with van der Waals surface area (Å²) in [5.41, 5.74) is 5.34. The summed E-state index contributed by atoms with van der Waals surface area (Å²) in [7, 11) is 0. The monoisotopic (exact) mass is 607 g/mol. The minimum atomic E-state index is -1.07. The number of benzene rings is 3. The second kappa shape index (κ2) is 12.3. The molecule has 3 aromatic carbocycles. The second-order valence-electron chi connectivity index (χ2n) is 10.8. The molecule has 0 saturated carbocycles. The van der Waals surface area contributed by atoms with Crippen molar-refractivity contribution in [3.63, 3.8) is 0 Å². The number of amides is 1. The zero-order valence-electron chi connectivity index (χ0n) is 24.0. The number of rotatable bonds is 9. The lowest BCUT2D eigenvalue weighted by Gasteiger charge is -2.22. The first-order valence-corrected chi connectivity index (χ1v) is 14.9. The van der Waals surface area contributed by atoms with Crippen LogP contribution in [-0.4, -0.2) is 42.5 Å². The van der Waals surface area contributed by atoms with Crippen LogP contribution in [0.2, 0.25) is 5.02 Å². The molecule has 6 rings (SSSR count). The third kappa shape index (κ3) is 5.78. The van der Waals surface area contributed by atoms with Gasteiger partial charge in [0, 0.05) is 52.6 Å². The number of pyridine rings is 1. The summed E-state index contributed by atoms with van der Waals surface area (Å²) in [6.07, 6.45) is 4.54. The van der Waals surface area contributed by atoms with Crippen molar-refractivity contribution in [2.24, 2.45) is 5.10 Å². The molecule has 222 valence electrons. The van der Waals surface area contributed by atoms with Crippen LogP contribution in [0.4, 0.5) is 0 Å². The maximum absolute atomic E-state index is 13.7. The predicted molar refractivity (Wildman–Crippen MR) is 171 cm³/mol. The van der Waals surface area contributed by atoms with Crippen LogP contribution in [-0.2, 0) is 16.1 Å². The fraction of sp³-hybridized carbons (Fsp3) is 0.206. The van der Waals surface area contributed by atoms with Crippen molar-refractivity contribution >= 4 is 40.1 Å². The van der Waals surface area contributed by atoms with Crippen LogP contribution in [0.5, 0.6) is 0 Å². The fourth-order valence-corrected chi connectivity index (χ4v) is 5.86. The number of aromatic nitrogens is 3. The third-order valence-corrected chi connectivity index (χ3v) is 8.00. The Morgan fingerprint density at radius 3 is 2.48 bits per heavy atom. The molecule has 9 nitrogen and oxygen atoms in total. The van der Waals surface area contributed by atoms with Gasteiger partial charge in [-0.2, -0.15) is 10.2 Å². The topological polar surface area (TPSA) is 121 Å². The number of hydrogen-bond donors (Lipinski definition) is 2. The van der Waals surface area contributed by atoms with Gasteiger partial charge in [0.15, 0.2) is 0 Å². The van der Waals surface area contributed by atoms with Crippen molar-refractivity contribution in [1.82, 2.24) is 19.8 Å². The molecule has 1 aliphatic heterocycles. The number of aromatic amines is 1. The molecule has 10 heteroatoms. The largest absolute Gasteiger partial charge is 0.481 e. The summed E-state index contributed by atoms with van der Waals surface area (Å²) in [5.74, 6) is -1.50. The SMILES string of the molecule is CCCn1cc(-c2ccc(C3CC(c4c(-c5ccccc5)c5cc(Cl)ccc5[nH]c4=O)=NN3C(=O)CCC(=O)O)cc2)cn1.